The van der Waals surface area contributed by atoms with E-state index in [1.165, 1.54) is 0 Å². The van der Waals surface area contributed by atoms with E-state index in [1.54, 1.807) is 0 Å². The predicted octanol–water partition coefficient (Wildman–Crippen LogP) is 0.439. The molecule has 0 saturated heterocycles. The summed E-state index contributed by atoms with van der Waals surface area (Å²) in [4.78, 5) is 33.5. The maximum atomic E-state index is 11.8. The fourth-order valence-electron chi connectivity index (χ4n) is 2.80. The van der Waals surface area contributed by atoms with E-state index in [-0.39, 0.29) is 6.04 Å². The van der Waals surface area contributed by atoms with Crippen LogP contribution in [0.25, 0.3) is 0 Å². The smallest absolute Gasteiger partial charge is 0.326 e. The molecule has 0 aliphatic heterocycles. The van der Waals surface area contributed by atoms with Crippen molar-refractivity contribution in [2.45, 2.75) is 51.6 Å². The zero-order chi connectivity index (χ0) is 15.3. The van der Waals surface area contributed by atoms with E-state index < -0.39 is 30.4 Å². The minimum absolute atomic E-state index is 0.0444. The average molecular weight is 285 g/mol. The normalized spacial score (nSPS) is 26.8. The number of hydrogen-bond donors (Lipinski definition) is 4. The summed E-state index contributed by atoms with van der Waals surface area (Å²) in [6.45, 7) is 4.21. The zero-order valence-corrected chi connectivity index (χ0v) is 11.9. The van der Waals surface area contributed by atoms with Gasteiger partial charge in [-0.1, -0.05) is 20.3 Å². The molecule has 20 heavy (non-hydrogen) atoms. The Labute approximate surface area is 118 Å². The molecule has 1 rings (SSSR count). The van der Waals surface area contributed by atoms with Crippen molar-refractivity contribution in [1.29, 1.82) is 0 Å². The molecule has 0 aromatic heterocycles. The van der Waals surface area contributed by atoms with Gasteiger partial charge in [0.15, 0.2) is 0 Å². The maximum Gasteiger partial charge on any atom is 0.326 e. The number of carbonyl (C=O) groups is 3. The monoisotopic (exact) mass is 285 g/mol. The van der Waals surface area contributed by atoms with Crippen molar-refractivity contribution < 1.29 is 19.5 Å². The van der Waals surface area contributed by atoms with Gasteiger partial charge in [-0.15, -0.1) is 0 Å². The molecule has 1 saturated carbocycles. The van der Waals surface area contributed by atoms with Gasteiger partial charge in [-0.3, -0.25) is 4.79 Å². The van der Waals surface area contributed by atoms with Crippen molar-refractivity contribution in [1.82, 2.24) is 10.6 Å². The van der Waals surface area contributed by atoms with Crippen molar-refractivity contribution in [3.05, 3.63) is 0 Å². The van der Waals surface area contributed by atoms with Crippen LogP contribution in [0.2, 0.25) is 0 Å². The number of nitrogens with two attached hydrogens (primary N) is 1. The molecular formula is C13H23N3O4. The van der Waals surface area contributed by atoms with E-state index >= 15 is 0 Å². The van der Waals surface area contributed by atoms with Crippen LogP contribution in [0.15, 0.2) is 0 Å². The Kier molecular flexibility index (Phi) is 5.79. The molecule has 1 aliphatic rings. The fraction of sp³-hybridized carbons (Fsp3) is 0.769. The van der Waals surface area contributed by atoms with E-state index in [0.717, 1.165) is 19.3 Å². The third-order valence-electron chi connectivity index (χ3n) is 4.08. The van der Waals surface area contributed by atoms with E-state index in [1.807, 2.05) is 0 Å². The largest absolute Gasteiger partial charge is 0.480 e. The van der Waals surface area contributed by atoms with Gasteiger partial charge in [0.05, 0.1) is 6.42 Å². The molecule has 0 heterocycles. The van der Waals surface area contributed by atoms with E-state index in [0.29, 0.717) is 11.8 Å². The number of urea groups is 1. The fourth-order valence-corrected chi connectivity index (χ4v) is 2.80. The molecule has 7 nitrogen and oxygen atoms in total. The molecule has 3 amide bonds. The van der Waals surface area contributed by atoms with Crippen LogP contribution in [0.5, 0.6) is 0 Å². The summed E-state index contributed by atoms with van der Waals surface area (Å²) in [7, 11) is 0. The van der Waals surface area contributed by atoms with E-state index in [4.69, 9.17) is 10.8 Å². The van der Waals surface area contributed by atoms with Gasteiger partial charge in [-0.2, -0.15) is 0 Å². The van der Waals surface area contributed by atoms with Crippen LogP contribution in [0.3, 0.4) is 0 Å². The molecule has 1 fully saturated rings. The highest BCUT2D eigenvalue weighted by Crippen LogP contribution is 2.33. The van der Waals surface area contributed by atoms with Gasteiger partial charge in [-0.05, 0) is 24.7 Å². The highest BCUT2D eigenvalue weighted by atomic mass is 16.4. The molecular weight excluding hydrogens is 262 g/mol. The molecule has 114 valence electrons. The summed E-state index contributed by atoms with van der Waals surface area (Å²) in [5.41, 5.74) is 4.95. The van der Waals surface area contributed by atoms with Crippen LogP contribution in [-0.2, 0) is 9.59 Å². The number of carbonyl (C=O) groups excluding carboxylic acids is 2. The second-order valence-electron chi connectivity index (χ2n) is 5.39. The standard InChI is InChI=1S/C13H23N3O4/c1-3-8-4-5-9(7(8)2)15-13(20)16-10(12(18)19)6-11(14)17/h7-10H,3-6H2,1-2H3,(H2,14,17)(H,18,19)(H2,15,16,20)/t7?,8?,9?,10-/m0/s1. The van der Waals surface area contributed by atoms with Gasteiger partial charge in [0.2, 0.25) is 5.91 Å². The van der Waals surface area contributed by atoms with Gasteiger partial charge in [0.1, 0.15) is 6.04 Å². The number of rotatable bonds is 6. The first-order chi connectivity index (χ1) is 9.35. The SMILES string of the molecule is CCC1CCC(NC(=O)N[C@@H](CC(N)=O)C(=O)O)C1C. The highest BCUT2D eigenvalue weighted by molar-refractivity contribution is 5.87. The lowest BCUT2D eigenvalue weighted by molar-refractivity contribution is -0.140. The summed E-state index contributed by atoms with van der Waals surface area (Å²) < 4.78 is 0. The van der Waals surface area contributed by atoms with Crippen LogP contribution in [0.1, 0.15) is 39.5 Å². The number of hydrogen-bond acceptors (Lipinski definition) is 3. The minimum Gasteiger partial charge on any atom is -0.480 e. The number of carboxylic acid groups (broad SMARTS) is 1. The minimum atomic E-state index is -1.29. The average Bonchev–Trinajstić information content (AvgIpc) is 2.69. The predicted molar refractivity (Wildman–Crippen MR) is 72.9 cm³/mol. The van der Waals surface area contributed by atoms with Gasteiger partial charge in [-0.25, -0.2) is 9.59 Å². The number of nitrogens with one attached hydrogen (secondary N) is 2. The maximum absolute atomic E-state index is 11.8. The van der Waals surface area contributed by atoms with Crippen LogP contribution < -0.4 is 16.4 Å². The summed E-state index contributed by atoms with van der Waals surface area (Å²) in [5, 5.41) is 14.0. The van der Waals surface area contributed by atoms with Crippen molar-refractivity contribution in [3.8, 4) is 0 Å². The van der Waals surface area contributed by atoms with Crippen molar-refractivity contribution in [2.24, 2.45) is 17.6 Å². The Hall–Kier alpha value is -1.79. The third kappa shape index (κ3) is 4.40. The molecule has 0 bridgehead atoms. The first-order valence-electron chi connectivity index (χ1n) is 6.93. The first-order valence-corrected chi connectivity index (χ1v) is 6.93. The molecule has 0 aromatic carbocycles. The lowest BCUT2D eigenvalue weighted by Crippen LogP contribution is -2.50. The van der Waals surface area contributed by atoms with Crippen LogP contribution in [0.4, 0.5) is 4.79 Å². The zero-order valence-electron chi connectivity index (χ0n) is 11.9. The Morgan fingerprint density at radius 3 is 2.45 bits per heavy atom. The lowest BCUT2D eigenvalue weighted by atomic mass is 9.93. The molecule has 0 spiro atoms. The van der Waals surface area contributed by atoms with E-state index in [2.05, 4.69) is 24.5 Å². The quantitative estimate of drug-likeness (QED) is 0.565. The van der Waals surface area contributed by atoms with Crippen LogP contribution in [0, 0.1) is 11.8 Å². The first kappa shape index (κ1) is 16.3. The topological polar surface area (TPSA) is 122 Å². The second-order valence-corrected chi connectivity index (χ2v) is 5.39. The van der Waals surface area contributed by atoms with Crippen LogP contribution in [-0.4, -0.2) is 35.1 Å². The van der Waals surface area contributed by atoms with Gasteiger partial charge in [0.25, 0.3) is 0 Å². The molecule has 0 aromatic rings. The Bertz CT molecular complexity index is 386. The van der Waals surface area contributed by atoms with Crippen molar-refractivity contribution in [3.63, 3.8) is 0 Å². The molecule has 4 atom stereocenters. The van der Waals surface area contributed by atoms with Gasteiger partial charge < -0.3 is 21.5 Å². The van der Waals surface area contributed by atoms with Gasteiger partial charge in [0, 0.05) is 6.04 Å². The van der Waals surface area contributed by atoms with Gasteiger partial charge >= 0.3 is 12.0 Å². The van der Waals surface area contributed by atoms with Crippen LogP contribution >= 0.6 is 0 Å². The molecule has 1 aliphatic carbocycles. The second kappa shape index (κ2) is 7.12. The Morgan fingerprint density at radius 1 is 1.35 bits per heavy atom. The summed E-state index contributed by atoms with van der Waals surface area (Å²) in [5.74, 6) is -1.09. The summed E-state index contributed by atoms with van der Waals surface area (Å²) in [6.07, 6.45) is 2.61. The van der Waals surface area contributed by atoms with E-state index in [9.17, 15) is 14.4 Å². The van der Waals surface area contributed by atoms with Crippen molar-refractivity contribution in [2.75, 3.05) is 0 Å². The number of carboxylic acids is 1. The highest BCUT2D eigenvalue weighted by Gasteiger charge is 2.33. The molecule has 0 radical (unpaired) electrons. The van der Waals surface area contributed by atoms with Crippen molar-refractivity contribution >= 4 is 17.9 Å². The molecule has 5 N–H and O–H groups in total. The number of aliphatic carboxylic acids is 1. The molecule has 3 unspecified atom stereocenters. The number of primary amides is 1. The Morgan fingerprint density at radius 2 is 2.00 bits per heavy atom. The number of amides is 3. The third-order valence-corrected chi connectivity index (χ3v) is 4.08. The lowest BCUT2D eigenvalue weighted by Gasteiger charge is -2.22. The Balaban J connectivity index is 2.50. The summed E-state index contributed by atoms with van der Waals surface area (Å²) in [6, 6.07) is -1.80. The molecule has 7 heteroatoms. The summed E-state index contributed by atoms with van der Waals surface area (Å²) >= 11 is 0.